The highest BCUT2D eigenvalue weighted by Crippen LogP contribution is 2.11. The molecule has 1 rings (SSSR count). The topological polar surface area (TPSA) is 49.3 Å². The van der Waals surface area contributed by atoms with Crippen molar-refractivity contribution in [1.29, 1.82) is 0 Å². The Morgan fingerprint density at radius 2 is 2.33 bits per heavy atom. The van der Waals surface area contributed by atoms with Gasteiger partial charge in [0.15, 0.2) is 0 Å². The van der Waals surface area contributed by atoms with E-state index < -0.39 is 0 Å². The van der Waals surface area contributed by atoms with E-state index in [4.69, 9.17) is 5.11 Å². The highest BCUT2D eigenvalue weighted by Gasteiger charge is 2.07. The first-order valence-corrected chi connectivity index (χ1v) is 5.57. The molecule has 0 aliphatic heterocycles. The van der Waals surface area contributed by atoms with Crippen molar-refractivity contribution in [1.82, 2.24) is 5.32 Å². The predicted molar refractivity (Wildman–Crippen MR) is 62.7 cm³/mol. The molecule has 0 aliphatic rings. The highest BCUT2D eigenvalue weighted by molar-refractivity contribution is 9.10. The van der Waals surface area contributed by atoms with Crippen LogP contribution in [0.4, 0.5) is 0 Å². The predicted octanol–water partition coefficient (Wildman–Crippen LogP) is 1.81. The van der Waals surface area contributed by atoms with Crippen LogP contribution in [0.15, 0.2) is 28.7 Å². The first-order valence-electron chi connectivity index (χ1n) is 4.78. The van der Waals surface area contributed by atoms with E-state index >= 15 is 0 Å². The largest absolute Gasteiger partial charge is 0.396 e. The Hall–Kier alpha value is -0.870. The molecule has 15 heavy (non-hydrogen) atoms. The summed E-state index contributed by atoms with van der Waals surface area (Å²) in [5.41, 5.74) is 0.620. The van der Waals surface area contributed by atoms with Gasteiger partial charge in [-0.1, -0.05) is 28.9 Å². The van der Waals surface area contributed by atoms with Gasteiger partial charge in [-0.05, 0) is 24.1 Å². The van der Waals surface area contributed by atoms with Gasteiger partial charge >= 0.3 is 0 Å². The summed E-state index contributed by atoms with van der Waals surface area (Å²) in [4.78, 5) is 11.6. The number of aliphatic hydroxyl groups excluding tert-OH is 1. The zero-order valence-corrected chi connectivity index (χ0v) is 10.1. The summed E-state index contributed by atoms with van der Waals surface area (Å²) in [6.07, 6.45) is 0. The van der Waals surface area contributed by atoms with E-state index in [0.717, 1.165) is 4.47 Å². The quantitative estimate of drug-likeness (QED) is 0.878. The van der Waals surface area contributed by atoms with Gasteiger partial charge < -0.3 is 10.4 Å². The van der Waals surface area contributed by atoms with Gasteiger partial charge in [0.2, 0.25) is 0 Å². The van der Waals surface area contributed by atoms with Gasteiger partial charge in [-0.25, -0.2) is 0 Å². The maximum atomic E-state index is 11.6. The average Bonchev–Trinajstić information content (AvgIpc) is 2.25. The molecule has 1 amide bonds. The number of amides is 1. The molecule has 2 N–H and O–H groups in total. The highest BCUT2D eigenvalue weighted by atomic mass is 79.9. The molecule has 0 spiro atoms. The minimum Gasteiger partial charge on any atom is -0.396 e. The molecule has 0 aliphatic carbocycles. The third kappa shape index (κ3) is 4.01. The normalized spacial score (nSPS) is 12.2. The summed E-state index contributed by atoms with van der Waals surface area (Å²) in [5.74, 6) is -0.0299. The van der Waals surface area contributed by atoms with E-state index in [1.165, 1.54) is 0 Å². The minimum absolute atomic E-state index is 0.0821. The average molecular weight is 272 g/mol. The van der Waals surface area contributed by atoms with Gasteiger partial charge in [-0.2, -0.15) is 0 Å². The van der Waals surface area contributed by atoms with Crippen LogP contribution in [-0.2, 0) is 0 Å². The van der Waals surface area contributed by atoms with Crippen LogP contribution in [0.1, 0.15) is 17.3 Å². The molecular weight excluding hydrogens is 258 g/mol. The van der Waals surface area contributed by atoms with Gasteiger partial charge in [-0.3, -0.25) is 4.79 Å². The third-order valence-electron chi connectivity index (χ3n) is 2.01. The van der Waals surface area contributed by atoms with E-state index in [1.807, 2.05) is 19.1 Å². The lowest BCUT2D eigenvalue weighted by molar-refractivity contribution is 0.0942. The van der Waals surface area contributed by atoms with Crippen molar-refractivity contribution in [3.05, 3.63) is 34.3 Å². The van der Waals surface area contributed by atoms with E-state index in [-0.39, 0.29) is 18.4 Å². The number of hydrogen-bond donors (Lipinski definition) is 2. The van der Waals surface area contributed by atoms with Gasteiger partial charge in [0.25, 0.3) is 5.91 Å². The van der Waals surface area contributed by atoms with Crippen molar-refractivity contribution < 1.29 is 9.90 Å². The molecule has 0 radical (unpaired) electrons. The molecule has 0 bridgehead atoms. The van der Waals surface area contributed by atoms with Crippen molar-refractivity contribution in [2.24, 2.45) is 5.92 Å². The SMILES string of the molecule is CC(CO)CNC(=O)c1cccc(Br)c1. The third-order valence-corrected chi connectivity index (χ3v) is 2.50. The number of carbonyl (C=O) groups is 1. The second-order valence-corrected chi connectivity index (χ2v) is 4.42. The lowest BCUT2D eigenvalue weighted by atomic mass is 10.2. The maximum absolute atomic E-state index is 11.6. The summed E-state index contributed by atoms with van der Waals surface area (Å²) in [7, 11) is 0. The Labute approximate surface area is 97.6 Å². The lowest BCUT2D eigenvalue weighted by Gasteiger charge is -2.09. The smallest absolute Gasteiger partial charge is 0.251 e. The Kier molecular flexibility index (Phi) is 4.78. The van der Waals surface area contributed by atoms with Crippen LogP contribution < -0.4 is 5.32 Å². The van der Waals surface area contributed by atoms with Crippen LogP contribution in [0.25, 0.3) is 0 Å². The molecule has 1 unspecified atom stereocenters. The fourth-order valence-corrected chi connectivity index (χ4v) is 1.46. The molecule has 0 saturated heterocycles. The standard InChI is InChI=1S/C11H14BrNO2/c1-8(7-14)6-13-11(15)9-3-2-4-10(12)5-9/h2-5,8,14H,6-7H2,1H3,(H,13,15). The van der Waals surface area contributed by atoms with Crippen LogP contribution in [0.2, 0.25) is 0 Å². The monoisotopic (exact) mass is 271 g/mol. The molecule has 0 heterocycles. The Morgan fingerprint density at radius 1 is 1.60 bits per heavy atom. The summed E-state index contributed by atoms with van der Waals surface area (Å²) in [6, 6.07) is 7.20. The molecule has 0 saturated carbocycles. The van der Waals surface area contributed by atoms with E-state index in [0.29, 0.717) is 12.1 Å². The molecule has 0 aromatic heterocycles. The van der Waals surface area contributed by atoms with Gasteiger partial charge in [-0.15, -0.1) is 0 Å². The summed E-state index contributed by atoms with van der Waals surface area (Å²) in [5, 5.41) is 11.6. The Morgan fingerprint density at radius 3 is 2.93 bits per heavy atom. The number of carbonyl (C=O) groups excluding carboxylic acids is 1. The molecular formula is C11H14BrNO2. The van der Waals surface area contributed by atoms with E-state index in [1.54, 1.807) is 12.1 Å². The Bertz CT molecular complexity index is 341. The molecule has 82 valence electrons. The summed E-state index contributed by atoms with van der Waals surface area (Å²) < 4.78 is 0.880. The van der Waals surface area contributed by atoms with Crippen LogP contribution in [0.3, 0.4) is 0 Å². The summed E-state index contributed by atoms with van der Waals surface area (Å²) in [6.45, 7) is 2.45. The van der Waals surface area contributed by atoms with E-state index in [9.17, 15) is 4.79 Å². The van der Waals surface area contributed by atoms with Crippen LogP contribution in [0, 0.1) is 5.92 Å². The van der Waals surface area contributed by atoms with Gasteiger partial charge in [0, 0.05) is 23.2 Å². The van der Waals surface area contributed by atoms with Gasteiger partial charge in [0.05, 0.1) is 0 Å². The first kappa shape index (κ1) is 12.2. The molecule has 0 fully saturated rings. The molecule has 1 atom stereocenters. The number of halogens is 1. The maximum Gasteiger partial charge on any atom is 0.251 e. The number of aliphatic hydroxyl groups is 1. The van der Waals surface area contributed by atoms with Crippen molar-refractivity contribution in [2.75, 3.05) is 13.2 Å². The van der Waals surface area contributed by atoms with Crippen LogP contribution in [-0.4, -0.2) is 24.2 Å². The number of rotatable bonds is 4. The second-order valence-electron chi connectivity index (χ2n) is 3.51. The lowest BCUT2D eigenvalue weighted by Crippen LogP contribution is -2.29. The molecule has 4 heteroatoms. The molecule has 1 aromatic carbocycles. The fraction of sp³-hybridized carbons (Fsp3) is 0.364. The van der Waals surface area contributed by atoms with Crippen LogP contribution >= 0.6 is 15.9 Å². The number of nitrogens with one attached hydrogen (secondary N) is 1. The first-order chi connectivity index (χ1) is 7.13. The second kappa shape index (κ2) is 5.88. The number of hydrogen-bond acceptors (Lipinski definition) is 2. The minimum atomic E-state index is -0.114. The van der Waals surface area contributed by atoms with Crippen molar-refractivity contribution >= 4 is 21.8 Å². The fourth-order valence-electron chi connectivity index (χ4n) is 1.06. The zero-order chi connectivity index (χ0) is 11.3. The van der Waals surface area contributed by atoms with E-state index in [2.05, 4.69) is 21.2 Å². The van der Waals surface area contributed by atoms with Crippen molar-refractivity contribution in [3.63, 3.8) is 0 Å². The number of benzene rings is 1. The molecule has 3 nitrogen and oxygen atoms in total. The summed E-state index contributed by atoms with van der Waals surface area (Å²) >= 11 is 3.30. The Balaban J connectivity index is 2.54. The zero-order valence-electron chi connectivity index (χ0n) is 8.53. The van der Waals surface area contributed by atoms with Crippen molar-refractivity contribution in [3.8, 4) is 0 Å². The van der Waals surface area contributed by atoms with Crippen molar-refractivity contribution in [2.45, 2.75) is 6.92 Å². The van der Waals surface area contributed by atoms with Crippen LogP contribution in [0.5, 0.6) is 0 Å². The molecule has 1 aromatic rings. The van der Waals surface area contributed by atoms with Gasteiger partial charge in [0.1, 0.15) is 0 Å².